The first-order valence-corrected chi connectivity index (χ1v) is 11.3. The normalized spacial score (nSPS) is 14.8. The minimum absolute atomic E-state index is 0.859. The Hall–Kier alpha value is -2.80. The largest absolute Gasteiger partial charge is 0.339 e. The van der Waals surface area contributed by atoms with Crippen molar-refractivity contribution < 1.29 is 0 Å². The molecular weight excluding hydrogens is 390 g/mol. The molecule has 0 amide bonds. The van der Waals surface area contributed by atoms with Crippen LogP contribution >= 0.6 is 11.3 Å². The summed E-state index contributed by atoms with van der Waals surface area (Å²) in [5.74, 6) is 0.859. The van der Waals surface area contributed by atoms with Crippen LogP contribution in [0.25, 0.3) is 20.7 Å². The van der Waals surface area contributed by atoms with E-state index in [1.165, 1.54) is 16.0 Å². The Labute approximate surface area is 180 Å². The standard InChI is InChI=1S/C24H25N5S/c1-2-7-20(8-3-1)28-24-23-21(26-17-27-24)16-22(30-23)19-6-4-5-18(15-19)9-12-29-13-10-25-11-14-29/h1-8,15-17,25H,9-14H2,(H,26,27,28). The molecule has 152 valence electrons. The molecule has 2 aromatic heterocycles. The number of thiophene rings is 1. The van der Waals surface area contributed by atoms with Gasteiger partial charge < -0.3 is 15.5 Å². The molecule has 0 aliphatic carbocycles. The lowest BCUT2D eigenvalue weighted by Gasteiger charge is -2.27. The lowest BCUT2D eigenvalue weighted by molar-refractivity contribution is 0.244. The van der Waals surface area contributed by atoms with Crippen molar-refractivity contribution in [3.05, 3.63) is 72.6 Å². The second-order valence-electron chi connectivity index (χ2n) is 7.58. The highest BCUT2D eigenvalue weighted by atomic mass is 32.1. The van der Waals surface area contributed by atoms with Crippen LogP contribution in [0.2, 0.25) is 0 Å². The summed E-state index contributed by atoms with van der Waals surface area (Å²) < 4.78 is 1.09. The zero-order chi connectivity index (χ0) is 20.2. The summed E-state index contributed by atoms with van der Waals surface area (Å²) in [5.41, 5.74) is 4.65. The average molecular weight is 416 g/mol. The van der Waals surface area contributed by atoms with Crippen LogP contribution in [0.1, 0.15) is 5.56 Å². The summed E-state index contributed by atoms with van der Waals surface area (Å²) in [6, 6.07) is 21.2. The van der Waals surface area contributed by atoms with Gasteiger partial charge in [-0.3, -0.25) is 0 Å². The van der Waals surface area contributed by atoms with Crippen LogP contribution in [0.4, 0.5) is 11.5 Å². The number of benzene rings is 2. The second-order valence-corrected chi connectivity index (χ2v) is 8.63. The third-order valence-corrected chi connectivity index (χ3v) is 6.67. The van der Waals surface area contributed by atoms with Crippen LogP contribution in [-0.4, -0.2) is 47.6 Å². The summed E-state index contributed by atoms with van der Waals surface area (Å²) in [7, 11) is 0. The Kier molecular flexibility index (Phi) is 5.70. The molecule has 0 atom stereocenters. The minimum atomic E-state index is 0.859. The van der Waals surface area contributed by atoms with Crippen molar-refractivity contribution in [2.24, 2.45) is 0 Å². The van der Waals surface area contributed by atoms with Crippen LogP contribution in [0.15, 0.2) is 67.0 Å². The molecule has 1 fully saturated rings. The highest BCUT2D eigenvalue weighted by molar-refractivity contribution is 7.22. The Morgan fingerprint density at radius 2 is 1.83 bits per heavy atom. The third kappa shape index (κ3) is 4.36. The van der Waals surface area contributed by atoms with Gasteiger partial charge in [-0.1, -0.05) is 42.5 Å². The summed E-state index contributed by atoms with van der Waals surface area (Å²) in [5, 5.41) is 6.85. The van der Waals surface area contributed by atoms with Crippen LogP contribution in [-0.2, 0) is 6.42 Å². The van der Waals surface area contributed by atoms with Gasteiger partial charge in [-0.05, 0) is 35.7 Å². The van der Waals surface area contributed by atoms with Gasteiger partial charge in [0.05, 0.1) is 10.2 Å². The zero-order valence-corrected chi connectivity index (χ0v) is 17.7. The van der Waals surface area contributed by atoms with E-state index in [0.717, 1.165) is 60.9 Å². The molecular formula is C24H25N5S. The van der Waals surface area contributed by atoms with Gasteiger partial charge in [0.1, 0.15) is 6.33 Å². The van der Waals surface area contributed by atoms with Gasteiger partial charge in [-0.25, -0.2) is 9.97 Å². The molecule has 1 saturated heterocycles. The van der Waals surface area contributed by atoms with Crippen molar-refractivity contribution >= 4 is 33.1 Å². The van der Waals surface area contributed by atoms with Crippen molar-refractivity contribution in [3.8, 4) is 10.4 Å². The molecule has 6 heteroatoms. The molecule has 1 aliphatic heterocycles. The van der Waals surface area contributed by atoms with Crippen LogP contribution in [0.5, 0.6) is 0 Å². The Bertz CT molecular complexity index is 1120. The maximum Gasteiger partial charge on any atom is 0.151 e. The van der Waals surface area contributed by atoms with E-state index in [2.05, 4.69) is 55.8 Å². The SMILES string of the molecule is c1ccc(Nc2ncnc3cc(-c4cccc(CCN5CCNCC5)c4)sc23)cc1. The molecule has 0 unspecified atom stereocenters. The number of hydrogen-bond acceptors (Lipinski definition) is 6. The minimum Gasteiger partial charge on any atom is -0.339 e. The Balaban J connectivity index is 1.37. The molecule has 0 spiro atoms. The topological polar surface area (TPSA) is 53.1 Å². The van der Waals surface area contributed by atoms with Crippen molar-refractivity contribution in [2.75, 3.05) is 38.0 Å². The summed E-state index contributed by atoms with van der Waals surface area (Å²) in [4.78, 5) is 12.8. The van der Waals surface area contributed by atoms with E-state index in [9.17, 15) is 0 Å². The average Bonchev–Trinajstić information content (AvgIpc) is 3.25. The molecule has 1 aliphatic rings. The Morgan fingerprint density at radius 1 is 0.967 bits per heavy atom. The fraction of sp³-hybridized carbons (Fsp3) is 0.250. The van der Waals surface area contributed by atoms with Gasteiger partial charge in [-0.2, -0.15) is 0 Å². The van der Waals surface area contributed by atoms with Gasteiger partial charge in [0.25, 0.3) is 0 Å². The summed E-state index contributed by atoms with van der Waals surface area (Å²) in [6.07, 6.45) is 2.72. The van der Waals surface area contributed by atoms with E-state index in [1.54, 1.807) is 17.7 Å². The molecule has 2 aromatic carbocycles. The van der Waals surface area contributed by atoms with Crippen molar-refractivity contribution in [1.82, 2.24) is 20.2 Å². The second kappa shape index (κ2) is 8.92. The first-order chi connectivity index (χ1) is 14.8. The van der Waals surface area contributed by atoms with E-state index in [4.69, 9.17) is 0 Å². The fourth-order valence-corrected chi connectivity index (χ4v) is 4.90. The Morgan fingerprint density at radius 3 is 2.70 bits per heavy atom. The quantitative estimate of drug-likeness (QED) is 0.484. The van der Waals surface area contributed by atoms with E-state index in [1.807, 2.05) is 30.3 Å². The maximum atomic E-state index is 4.50. The predicted molar refractivity (Wildman–Crippen MR) is 126 cm³/mol. The number of rotatable bonds is 6. The molecule has 0 bridgehead atoms. The molecule has 5 nitrogen and oxygen atoms in total. The van der Waals surface area contributed by atoms with Gasteiger partial charge in [0, 0.05) is 43.3 Å². The van der Waals surface area contributed by atoms with Gasteiger partial charge in [0.2, 0.25) is 0 Å². The van der Waals surface area contributed by atoms with Gasteiger partial charge in [0.15, 0.2) is 5.82 Å². The highest BCUT2D eigenvalue weighted by Gasteiger charge is 2.12. The predicted octanol–water partition coefficient (Wildman–Crippen LogP) is 4.55. The molecule has 2 N–H and O–H groups in total. The molecule has 0 radical (unpaired) electrons. The first kappa shape index (κ1) is 19.2. The third-order valence-electron chi connectivity index (χ3n) is 5.49. The van der Waals surface area contributed by atoms with Crippen LogP contribution in [0, 0.1) is 0 Å². The van der Waals surface area contributed by atoms with Crippen molar-refractivity contribution in [3.63, 3.8) is 0 Å². The van der Waals surface area contributed by atoms with Gasteiger partial charge >= 0.3 is 0 Å². The van der Waals surface area contributed by atoms with Crippen molar-refractivity contribution in [1.29, 1.82) is 0 Å². The van der Waals surface area contributed by atoms with Gasteiger partial charge in [-0.15, -0.1) is 11.3 Å². The molecule has 4 aromatic rings. The van der Waals surface area contributed by atoms with E-state index >= 15 is 0 Å². The maximum absolute atomic E-state index is 4.50. The monoisotopic (exact) mass is 415 g/mol. The van der Waals surface area contributed by atoms with Crippen molar-refractivity contribution in [2.45, 2.75) is 6.42 Å². The zero-order valence-electron chi connectivity index (χ0n) is 16.8. The van der Waals surface area contributed by atoms with E-state index < -0.39 is 0 Å². The highest BCUT2D eigenvalue weighted by Crippen LogP contribution is 2.36. The molecule has 5 rings (SSSR count). The fourth-order valence-electron chi connectivity index (χ4n) is 3.85. The number of anilines is 2. The van der Waals surface area contributed by atoms with Crippen LogP contribution in [0.3, 0.4) is 0 Å². The smallest absolute Gasteiger partial charge is 0.151 e. The number of para-hydroxylation sites is 1. The van der Waals surface area contributed by atoms with E-state index in [0.29, 0.717) is 0 Å². The lowest BCUT2D eigenvalue weighted by Crippen LogP contribution is -2.44. The summed E-state index contributed by atoms with van der Waals surface area (Å²) >= 11 is 1.74. The molecule has 3 heterocycles. The first-order valence-electron chi connectivity index (χ1n) is 10.4. The lowest BCUT2D eigenvalue weighted by atomic mass is 10.1. The molecule has 30 heavy (non-hydrogen) atoms. The number of fused-ring (bicyclic) bond motifs is 1. The number of nitrogens with zero attached hydrogens (tertiary/aromatic N) is 3. The number of aromatic nitrogens is 2. The van der Waals surface area contributed by atoms with E-state index in [-0.39, 0.29) is 0 Å². The van der Waals surface area contributed by atoms with Crippen LogP contribution < -0.4 is 10.6 Å². The molecule has 0 saturated carbocycles. The number of hydrogen-bond donors (Lipinski definition) is 2. The number of nitrogens with one attached hydrogen (secondary N) is 2. The summed E-state index contributed by atoms with van der Waals surface area (Å²) in [6.45, 7) is 5.61. The number of piperazine rings is 1.